The lowest BCUT2D eigenvalue weighted by molar-refractivity contribution is -0.127. The van der Waals surface area contributed by atoms with Gasteiger partial charge in [-0.2, -0.15) is 5.10 Å². The number of rotatable bonds is 4. The molecule has 0 unspecified atom stereocenters. The molecule has 1 aliphatic heterocycles. The lowest BCUT2D eigenvalue weighted by Gasteiger charge is -2.32. The lowest BCUT2D eigenvalue weighted by Crippen LogP contribution is -2.40. The van der Waals surface area contributed by atoms with Crippen molar-refractivity contribution in [1.82, 2.24) is 24.6 Å². The number of aromatic nitrogens is 4. The molecular weight excluding hydrogens is 435 g/mol. The maximum atomic E-state index is 13.5. The van der Waals surface area contributed by atoms with Crippen LogP contribution in [0.15, 0.2) is 37.2 Å². The monoisotopic (exact) mass is 454 g/mol. The molecule has 1 atom stereocenters. The Balaban J connectivity index is 1.59. The van der Waals surface area contributed by atoms with E-state index in [-0.39, 0.29) is 29.4 Å². The van der Waals surface area contributed by atoms with E-state index in [9.17, 15) is 9.18 Å². The first kappa shape index (κ1) is 21.6. The number of nitrogens with zero attached hydrogens (tertiary/aromatic N) is 5. The van der Waals surface area contributed by atoms with Crippen LogP contribution in [-0.2, 0) is 4.79 Å². The number of carbonyl (C=O) groups excluding carboxylic acids is 1. The van der Waals surface area contributed by atoms with Crippen LogP contribution < -0.4 is 10.5 Å². The van der Waals surface area contributed by atoms with E-state index in [0.717, 1.165) is 12.8 Å². The number of likely N-dealkylation sites (tertiary alicyclic amines) is 1. The van der Waals surface area contributed by atoms with E-state index in [1.165, 1.54) is 24.5 Å². The number of hydrogen-bond donors (Lipinski definition) is 1. The predicted molar refractivity (Wildman–Crippen MR) is 119 cm³/mol. The Morgan fingerprint density at radius 1 is 1.44 bits per heavy atom. The molecule has 1 saturated heterocycles. The van der Waals surface area contributed by atoms with Crippen molar-refractivity contribution in [3.63, 3.8) is 0 Å². The first-order chi connectivity index (χ1) is 15.5. The number of carbonyl (C=O) groups is 1. The zero-order chi connectivity index (χ0) is 22.7. The van der Waals surface area contributed by atoms with Crippen LogP contribution in [0.1, 0.15) is 24.6 Å². The van der Waals surface area contributed by atoms with Gasteiger partial charge < -0.3 is 15.4 Å². The molecule has 0 aliphatic carbocycles. The molecule has 1 fully saturated rings. The molecule has 1 aliphatic rings. The van der Waals surface area contributed by atoms with E-state index >= 15 is 0 Å². The third-order valence-corrected chi connectivity index (χ3v) is 5.46. The van der Waals surface area contributed by atoms with Crippen molar-refractivity contribution in [1.29, 1.82) is 0 Å². The minimum atomic E-state index is -0.566. The molecule has 1 amide bonds. The van der Waals surface area contributed by atoms with Gasteiger partial charge in [-0.05, 0) is 37.0 Å². The normalized spacial score (nSPS) is 15.8. The summed E-state index contributed by atoms with van der Waals surface area (Å²) >= 11 is 5.67. The number of fused-ring (bicyclic) bond motifs is 1. The molecule has 4 rings (SSSR count). The zero-order valence-electron chi connectivity index (χ0n) is 17.1. The van der Waals surface area contributed by atoms with Crippen molar-refractivity contribution in [2.45, 2.75) is 18.9 Å². The highest BCUT2D eigenvalue weighted by molar-refractivity contribution is 6.30. The summed E-state index contributed by atoms with van der Waals surface area (Å²) in [6.45, 7) is 4.74. The van der Waals surface area contributed by atoms with Gasteiger partial charge in [0.1, 0.15) is 36.0 Å². The van der Waals surface area contributed by atoms with E-state index in [0.29, 0.717) is 35.6 Å². The summed E-state index contributed by atoms with van der Waals surface area (Å²) in [6, 6.07) is 4.09. The second-order valence-corrected chi connectivity index (χ2v) is 7.61. The fourth-order valence-corrected chi connectivity index (χ4v) is 3.74. The third-order valence-electron chi connectivity index (χ3n) is 5.16. The van der Waals surface area contributed by atoms with Gasteiger partial charge in [0, 0.05) is 19.2 Å². The summed E-state index contributed by atoms with van der Waals surface area (Å²) < 4.78 is 20.8. The Bertz CT molecular complexity index is 1250. The molecule has 2 aromatic heterocycles. The van der Waals surface area contributed by atoms with Gasteiger partial charge in [-0.25, -0.2) is 19.0 Å². The average Bonchev–Trinajstić information content (AvgIpc) is 3.18. The van der Waals surface area contributed by atoms with Crippen molar-refractivity contribution < 1.29 is 13.9 Å². The van der Waals surface area contributed by atoms with Crippen LogP contribution in [0.25, 0.3) is 11.0 Å². The summed E-state index contributed by atoms with van der Waals surface area (Å²) in [5.41, 5.74) is 7.06. The van der Waals surface area contributed by atoms with Gasteiger partial charge in [-0.1, -0.05) is 24.1 Å². The fraction of sp³-hybridized carbons (Fsp3) is 0.273. The Labute approximate surface area is 188 Å². The van der Waals surface area contributed by atoms with Crippen molar-refractivity contribution >= 4 is 34.4 Å². The van der Waals surface area contributed by atoms with Crippen molar-refractivity contribution in [3.8, 4) is 17.6 Å². The van der Waals surface area contributed by atoms with Crippen LogP contribution in [-0.4, -0.2) is 50.3 Å². The number of nitrogen functional groups attached to an aromatic ring is 1. The maximum Gasteiger partial charge on any atom is 0.246 e. The Kier molecular flexibility index (Phi) is 6.23. The Hall–Kier alpha value is -3.64. The van der Waals surface area contributed by atoms with Gasteiger partial charge in [0.25, 0.3) is 0 Å². The first-order valence-corrected chi connectivity index (χ1v) is 10.3. The van der Waals surface area contributed by atoms with E-state index < -0.39 is 5.82 Å². The number of benzene rings is 1. The van der Waals surface area contributed by atoms with E-state index in [2.05, 4.69) is 33.5 Å². The average molecular weight is 455 g/mol. The van der Waals surface area contributed by atoms with Crippen LogP contribution in [0, 0.1) is 17.7 Å². The molecule has 0 radical (unpaired) electrons. The molecule has 0 bridgehead atoms. The molecule has 8 nitrogen and oxygen atoms in total. The van der Waals surface area contributed by atoms with Gasteiger partial charge in [0.05, 0.1) is 16.5 Å². The van der Waals surface area contributed by atoms with Crippen LogP contribution in [0.5, 0.6) is 5.75 Å². The fourth-order valence-electron chi connectivity index (χ4n) is 3.63. The molecule has 1 aromatic carbocycles. The van der Waals surface area contributed by atoms with Gasteiger partial charge in [-0.3, -0.25) is 4.79 Å². The largest absolute Gasteiger partial charge is 0.481 e. The van der Waals surface area contributed by atoms with Crippen molar-refractivity contribution in [2.75, 3.05) is 25.4 Å². The van der Waals surface area contributed by atoms with E-state index in [4.69, 9.17) is 22.1 Å². The molecule has 164 valence electrons. The highest BCUT2D eigenvalue weighted by Gasteiger charge is 2.27. The summed E-state index contributed by atoms with van der Waals surface area (Å²) in [6.07, 6.45) is 4.35. The van der Waals surface area contributed by atoms with E-state index in [1.807, 2.05) is 0 Å². The lowest BCUT2D eigenvalue weighted by atomic mass is 10.1. The molecule has 0 spiro atoms. The number of anilines is 1. The number of ether oxygens (including phenoxy) is 1. The molecular formula is C22H20ClFN6O2. The minimum absolute atomic E-state index is 0.00800. The molecule has 10 heteroatoms. The smallest absolute Gasteiger partial charge is 0.246 e. The molecule has 32 heavy (non-hydrogen) atoms. The predicted octanol–water partition coefficient (Wildman–Crippen LogP) is 2.98. The zero-order valence-corrected chi connectivity index (χ0v) is 17.8. The second kappa shape index (κ2) is 9.24. The van der Waals surface area contributed by atoms with Crippen molar-refractivity contribution in [2.24, 2.45) is 0 Å². The molecule has 3 aromatic rings. The summed E-state index contributed by atoms with van der Waals surface area (Å²) in [5.74, 6) is 5.71. The van der Waals surface area contributed by atoms with Crippen LogP contribution >= 0.6 is 11.6 Å². The van der Waals surface area contributed by atoms with Gasteiger partial charge >= 0.3 is 0 Å². The Morgan fingerprint density at radius 2 is 2.28 bits per heavy atom. The molecule has 3 heterocycles. The van der Waals surface area contributed by atoms with Gasteiger partial charge in [0.2, 0.25) is 5.91 Å². The van der Waals surface area contributed by atoms with Crippen LogP contribution in [0.4, 0.5) is 10.2 Å². The highest BCUT2D eigenvalue weighted by Crippen LogP contribution is 2.28. The van der Waals surface area contributed by atoms with Crippen LogP contribution in [0.3, 0.4) is 0 Å². The number of amides is 1. The number of piperidine rings is 1. The second-order valence-electron chi connectivity index (χ2n) is 7.20. The summed E-state index contributed by atoms with van der Waals surface area (Å²) in [5, 5.41) is 5.19. The highest BCUT2D eigenvalue weighted by atomic mass is 35.5. The van der Waals surface area contributed by atoms with Gasteiger partial charge in [-0.15, -0.1) is 0 Å². The van der Waals surface area contributed by atoms with Gasteiger partial charge in [0.15, 0.2) is 5.65 Å². The summed E-state index contributed by atoms with van der Waals surface area (Å²) in [4.78, 5) is 22.2. The summed E-state index contributed by atoms with van der Waals surface area (Å²) in [7, 11) is 0. The SMILES string of the molecule is C=CC(=O)N1CCC[C@@H](n2nc(C#CCOc3ccc(Cl)c(F)c3)c3c(N)ncnc32)C1. The number of hydrogen-bond acceptors (Lipinski definition) is 6. The maximum absolute atomic E-state index is 13.5. The number of halogens is 2. The Morgan fingerprint density at radius 3 is 3.06 bits per heavy atom. The van der Waals surface area contributed by atoms with Crippen molar-refractivity contribution in [3.05, 3.63) is 53.7 Å². The quantitative estimate of drug-likeness (QED) is 0.480. The molecule has 0 saturated carbocycles. The standard InChI is InChI=1S/C22H20ClFN6O2/c1-2-19(31)29-9-3-5-14(12-29)30-22-20(21(25)26-13-27-22)18(28-30)6-4-10-32-15-7-8-16(23)17(24)11-15/h2,7-8,11,13-14H,1,3,5,9-10,12H2,(H2,25,26,27)/t14-/m1/s1. The van der Waals surface area contributed by atoms with Crippen LogP contribution in [0.2, 0.25) is 5.02 Å². The molecule has 2 N–H and O–H groups in total. The third kappa shape index (κ3) is 4.36. The minimum Gasteiger partial charge on any atom is -0.481 e. The van der Waals surface area contributed by atoms with E-state index in [1.54, 1.807) is 15.6 Å². The topological polar surface area (TPSA) is 99.2 Å². The first-order valence-electron chi connectivity index (χ1n) is 9.94. The number of nitrogens with two attached hydrogens (primary N) is 1.